The fourth-order valence-electron chi connectivity index (χ4n) is 1.31. The van der Waals surface area contributed by atoms with Gasteiger partial charge in [0.05, 0.1) is 12.5 Å². The highest BCUT2D eigenvalue weighted by molar-refractivity contribution is 5.87. The van der Waals surface area contributed by atoms with Crippen LogP contribution in [0.3, 0.4) is 0 Å². The summed E-state index contributed by atoms with van der Waals surface area (Å²) in [6.45, 7) is 3.80. The fraction of sp³-hybridized carbons (Fsp3) is 0.750. The summed E-state index contributed by atoms with van der Waals surface area (Å²) in [5, 5.41) is 14.2. The second-order valence-corrected chi connectivity index (χ2v) is 3.40. The Morgan fingerprint density at radius 3 is 2.62 bits per heavy atom. The van der Waals surface area contributed by atoms with Crippen LogP contribution >= 0.6 is 0 Å². The summed E-state index contributed by atoms with van der Waals surface area (Å²) < 4.78 is 0. The largest absolute Gasteiger partial charge is 0.481 e. The molecule has 3 unspecified atom stereocenters. The lowest BCUT2D eigenvalue weighted by Crippen LogP contribution is -2.62. The third kappa shape index (κ3) is 2.42. The van der Waals surface area contributed by atoms with Gasteiger partial charge in [-0.2, -0.15) is 0 Å². The number of piperazine rings is 1. The van der Waals surface area contributed by atoms with E-state index >= 15 is 0 Å². The van der Waals surface area contributed by atoms with Crippen LogP contribution in [0.2, 0.25) is 0 Å². The quantitative estimate of drug-likeness (QED) is 0.534. The van der Waals surface area contributed by atoms with Gasteiger partial charge < -0.3 is 15.7 Å². The maximum Gasteiger partial charge on any atom is 0.305 e. The van der Waals surface area contributed by atoms with Crippen molar-refractivity contribution in [3.05, 3.63) is 0 Å². The molecule has 0 radical (unpaired) electrons. The van der Waals surface area contributed by atoms with Crippen LogP contribution in [0.5, 0.6) is 0 Å². The van der Waals surface area contributed by atoms with E-state index in [2.05, 4.69) is 10.6 Å². The minimum absolute atomic E-state index is 0.0533. The SMILES string of the molecule is CC1NC(=O)C(CC(=O)O)NC1C. The van der Waals surface area contributed by atoms with Crippen LogP contribution in [0.25, 0.3) is 0 Å². The van der Waals surface area contributed by atoms with Crippen molar-refractivity contribution in [3.8, 4) is 0 Å². The summed E-state index contributed by atoms with van der Waals surface area (Å²) >= 11 is 0. The molecule has 0 aromatic rings. The first kappa shape index (κ1) is 9.98. The van der Waals surface area contributed by atoms with Gasteiger partial charge in [0.2, 0.25) is 5.91 Å². The minimum atomic E-state index is -0.964. The third-order valence-corrected chi connectivity index (χ3v) is 2.28. The highest BCUT2D eigenvalue weighted by atomic mass is 16.4. The molecule has 1 aliphatic heterocycles. The Morgan fingerprint density at radius 2 is 2.08 bits per heavy atom. The zero-order valence-electron chi connectivity index (χ0n) is 7.70. The van der Waals surface area contributed by atoms with Gasteiger partial charge in [0, 0.05) is 12.1 Å². The van der Waals surface area contributed by atoms with E-state index in [-0.39, 0.29) is 24.4 Å². The van der Waals surface area contributed by atoms with Crippen molar-refractivity contribution in [2.75, 3.05) is 0 Å². The van der Waals surface area contributed by atoms with Crippen molar-refractivity contribution in [2.45, 2.75) is 38.4 Å². The molecule has 0 saturated carbocycles. The van der Waals surface area contributed by atoms with E-state index in [1.807, 2.05) is 13.8 Å². The van der Waals surface area contributed by atoms with E-state index in [0.717, 1.165) is 0 Å². The van der Waals surface area contributed by atoms with Crippen molar-refractivity contribution in [1.82, 2.24) is 10.6 Å². The molecule has 1 heterocycles. The summed E-state index contributed by atoms with van der Waals surface area (Å²) in [6, 6.07) is -0.428. The lowest BCUT2D eigenvalue weighted by Gasteiger charge is -2.33. The van der Waals surface area contributed by atoms with E-state index in [0.29, 0.717) is 0 Å². The van der Waals surface area contributed by atoms with Crippen LogP contribution in [-0.2, 0) is 9.59 Å². The summed E-state index contributed by atoms with van der Waals surface area (Å²) in [7, 11) is 0. The van der Waals surface area contributed by atoms with E-state index in [9.17, 15) is 9.59 Å². The Bertz CT molecular complexity index is 229. The van der Waals surface area contributed by atoms with Gasteiger partial charge in [-0.15, -0.1) is 0 Å². The number of carboxylic acid groups (broad SMARTS) is 1. The van der Waals surface area contributed by atoms with E-state index in [1.54, 1.807) is 0 Å². The van der Waals surface area contributed by atoms with Crippen molar-refractivity contribution in [2.24, 2.45) is 0 Å². The van der Waals surface area contributed by atoms with Gasteiger partial charge in [-0.1, -0.05) is 0 Å². The second-order valence-electron chi connectivity index (χ2n) is 3.40. The minimum Gasteiger partial charge on any atom is -0.481 e. The van der Waals surface area contributed by atoms with Gasteiger partial charge in [-0.05, 0) is 13.8 Å². The highest BCUT2D eigenvalue weighted by Crippen LogP contribution is 2.05. The number of amides is 1. The Balaban J connectivity index is 2.56. The van der Waals surface area contributed by atoms with Crippen molar-refractivity contribution >= 4 is 11.9 Å². The van der Waals surface area contributed by atoms with Crippen molar-refractivity contribution in [3.63, 3.8) is 0 Å². The fourth-order valence-corrected chi connectivity index (χ4v) is 1.31. The third-order valence-electron chi connectivity index (χ3n) is 2.28. The molecule has 1 rings (SSSR count). The van der Waals surface area contributed by atoms with E-state index in [1.165, 1.54) is 0 Å². The van der Waals surface area contributed by atoms with Gasteiger partial charge in [-0.25, -0.2) is 0 Å². The number of rotatable bonds is 2. The molecule has 0 aromatic heterocycles. The zero-order valence-corrected chi connectivity index (χ0v) is 7.70. The average Bonchev–Trinajstić information content (AvgIpc) is 1.99. The van der Waals surface area contributed by atoms with Gasteiger partial charge in [-0.3, -0.25) is 9.59 Å². The van der Waals surface area contributed by atoms with Crippen LogP contribution in [0.1, 0.15) is 20.3 Å². The molecule has 1 fully saturated rings. The summed E-state index contributed by atoms with van der Waals surface area (Å²) in [6.07, 6.45) is -0.164. The second kappa shape index (κ2) is 3.74. The normalized spacial score (nSPS) is 34.0. The molecule has 1 amide bonds. The predicted molar refractivity (Wildman–Crippen MR) is 46.2 cm³/mol. The number of carboxylic acids is 1. The maximum absolute atomic E-state index is 11.2. The lowest BCUT2D eigenvalue weighted by molar-refractivity contribution is -0.140. The molecule has 5 heteroatoms. The number of nitrogens with one attached hydrogen (secondary N) is 2. The smallest absolute Gasteiger partial charge is 0.305 e. The average molecular weight is 186 g/mol. The highest BCUT2D eigenvalue weighted by Gasteiger charge is 2.31. The molecule has 1 saturated heterocycles. The van der Waals surface area contributed by atoms with E-state index < -0.39 is 12.0 Å². The van der Waals surface area contributed by atoms with Gasteiger partial charge >= 0.3 is 5.97 Å². The number of hydrogen-bond donors (Lipinski definition) is 3. The first-order valence-corrected chi connectivity index (χ1v) is 4.29. The molecule has 0 aliphatic carbocycles. The van der Waals surface area contributed by atoms with Crippen LogP contribution in [0.15, 0.2) is 0 Å². The topological polar surface area (TPSA) is 78.4 Å². The first-order valence-electron chi connectivity index (χ1n) is 4.29. The summed E-state index contributed by atoms with van der Waals surface area (Å²) in [4.78, 5) is 21.6. The van der Waals surface area contributed by atoms with Crippen molar-refractivity contribution < 1.29 is 14.7 Å². The van der Waals surface area contributed by atoms with Crippen LogP contribution in [0, 0.1) is 0 Å². The molecule has 3 atom stereocenters. The van der Waals surface area contributed by atoms with Gasteiger partial charge in [0.1, 0.15) is 0 Å². The summed E-state index contributed by atoms with van der Waals surface area (Å²) in [5.41, 5.74) is 0. The van der Waals surface area contributed by atoms with Crippen LogP contribution in [0.4, 0.5) is 0 Å². The molecule has 0 bridgehead atoms. The Morgan fingerprint density at radius 1 is 1.46 bits per heavy atom. The zero-order chi connectivity index (χ0) is 10.0. The van der Waals surface area contributed by atoms with Gasteiger partial charge in [0.15, 0.2) is 0 Å². The lowest BCUT2D eigenvalue weighted by atomic mass is 10.0. The molecular weight excluding hydrogens is 172 g/mol. The van der Waals surface area contributed by atoms with Gasteiger partial charge in [0.25, 0.3) is 0 Å². The Kier molecular flexibility index (Phi) is 2.87. The molecule has 0 aromatic carbocycles. The standard InChI is InChI=1S/C8H14N2O3/c1-4-5(2)10-8(13)6(9-4)3-7(11)12/h4-6,9H,3H2,1-2H3,(H,10,13)(H,11,12). The molecule has 0 spiro atoms. The van der Waals surface area contributed by atoms with Crippen LogP contribution < -0.4 is 10.6 Å². The Hall–Kier alpha value is -1.10. The maximum atomic E-state index is 11.2. The monoisotopic (exact) mass is 186 g/mol. The number of carbonyl (C=O) groups excluding carboxylic acids is 1. The predicted octanol–water partition coefficient (Wildman–Crippen LogP) is -0.674. The molecule has 74 valence electrons. The number of carbonyl (C=O) groups is 2. The van der Waals surface area contributed by atoms with E-state index in [4.69, 9.17) is 5.11 Å². The molecule has 1 aliphatic rings. The first-order chi connectivity index (χ1) is 6.00. The number of hydrogen-bond acceptors (Lipinski definition) is 3. The molecule has 5 nitrogen and oxygen atoms in total. The Labute approximate surface area is 76.5 Å². The molecule has 13 heavy (non-hydrogen) atoms. The summed E-state index contributed by atoms with van der Waals surface area (Å²) in [5.74, 6) is -1.19. The molecular formula is C8H14N2O3. The molecule has 3 N–H and O–H groups in total. The van der Waals surface area contributed by atoms with Crippen LogP contribution in [-0.4, -0.2) is 35.1 Å². The number of aliphatic carboxylic acids is 1. The van der Waals surface area contributed by atoms with Crippen molar-refractivity contribution in [1.29, 1.82) is 0 Å².